The molecule has 0 bridgehead atoms. The number of benzene rings is 1. The Labute approximate surface area is 146 Å². The standard InChI is InChI=1S/C18H20ClN3O2/c1-24-17-6-5-14(19)11-16(17)21-18(23)22-9-7-13(12-22)10-15-4-2-3-8-20-15/h2-6,8,11,13H,7,9-10,12H2,1H3,(H,21,23). The summed E-state index contributed by atoms with van der Waals surface area (Å²) < 4.78 is 5.26. The largest absolute Gasteiger partial charge is 0.495 e. The molecule has 0 aliphatic carbocycles. The molecule has 1 fully saturated rings. The Morgan fingerprint density at radius 1 is 1.42 bits per heavy atom. The summed E-state index contributed by atoms with van der Waals surface area (Å²) in [4.78, 5) is 18.7. The zero-order chi connectivity index (χ0) is 16.9. The fourth-order valence-electron chi connectivity index (χ4n) is 2.97. The lowest BCUT2D eigenvalue weighted by atomic mass is 10.0. The summed E-state index contributed by atoms with van der Waals surface area (Å²) in [5, 5.41) is 3.45. The van der Waals surface area contributed by atoms with Crippen molar-refractivity contribution in [3.05, 3.63) is 53.3 Å². The molecule has 2 amide bonds. The third kappa shape index (κ3) is 3.97. The minimum atomic E-state index is -0.126. The van der Waals surface area contributed by atoms with E-state index < -0.39 is 0 Å². The van der Waals surface area contributed by atoms with E-state index in [1.54, 1.807) is 31.5 Å². The topological polar surface area (TPSA) is 54.5 Å². The van der Waals surface area contributed by atoms with Gasteiger partial charge in [-0.2, -0.15) is 0 Å². The molecule has 1 aromatic heterocycles. The molecule has 2 heterocycles. The first kappa shape index (κ1) is 16.6. The predicted molar refractivity (Wildman–Crippen MR) is 94.6 cm³/mol. The summed E-state index contributed by atoms with van der Waals surface area (Å²) in [7, 11) is 1.57. The zero-order valence-electron chi connectivity index (χ0n) is 13.5. The third-order valence-corrected chi connectivity index (χ3v) is 4.44. The van der Waals surface area contributed by atoms with Gasteiger partial charge >= 0.3 is 6.03 Å². The fraction of sp³-hybridized carbons (Fsp3) is 0.333. The maximum absolute atomic E-state index is 12.5. The number of nitrogens with one attached hydrogen (secondary N) is 1. The molecule has 1 saturated heterocycles. The summed E-state index contributed by atoms with van der Waals surface area (Å²) >= 11 is 6.00. The van der Waals surface area contributed by atoms with Gasteiger partial charge in [-0.05, 0) is 49.1 Å². The number of hydrogen-bond acceptors (Lipinski definition) is 3. The highest BCUT2D eigenvalue weighted by Gasteiger charge is 2.27. The first-order valence-electron chi connectivity index (χ1n) is 7.95. The second-order valence-electron chi connectivity index (χ2n) is 5.90. The maximum atomic E-state index is 12.5. The van der Waals surface area contributed by atoms with Crippen LogP contribution in [0.15, 0.2) is 42.6 Å². The number of likely N-dealkylation sites (tertiary alicyclic amines) is 1. The van der Waals surface area contributed by atoms with Crippen LogP contribution < -0.4 is 10.1 Å². The molecule has 2 aromatic rings. The van der Waals surface area contributed by atoms with E-state index in [0.29, 0.717) is 22.4 Å². The van der Waals surface area contributed by atoms with Crippen LogP contribution in [-0.4, -0.2) is 36.1 Å². The Morgan fingerprint density at radius 3 is 3.04 bits per heavy atom. The van der Waals surface area contributed by atoms with Crippen LogP contribution >= 0.6 is 11.6 Å². The van der Waals surface area contributed by atoms with Crippen molar-refractivity contribution in [1.82, 2.24) is 9.88 Å². The number of hydrogen-bond donors (Lipinski definition) is 1. The molecule has 6 heteroatoms. The number of halogens is 1. The molecule has 1 unspecified atom stereocenters. The smallest absolute Gasteiger partial charge is 0.321 e. The van der Waals surface area contributed by atoms with Crippen LogP contribution in [0.1, 0.15) is 12.1 Å². The second-order valence-corrected chi connectivity index (χ2v) is 6.34. The molecule has 1 atom stereocenters. The molecule has 3 rings (SSSR count). The van der Waals surface area contributed by atoms with Crippen LogP contribution in [0.2, 0.25) is 5.02 Å². The van der Waals surface area contributed by atoms with Crippen molar-refractivity contribution in [3.8, 4) is 5.75 Å². The Hall–Kier alpha value is -2.27. The fourth-order valence-corrected chi connectivity index (χ4v) is 3.14. The van der Waals surface area contributed by atoms with E-state index in [1.807, 2.05) is 23.1 Å². The Kier molecular flexibility index (Phi) is 5.20. The number of rotatable bonds is 4. The first-order valence-corrected chi connectivity index (χ1v) is 8.33. The summed E-state index contributed by atoms with van der Waals surface area (Å²) in [5.41, 5.74) is 1.66. The lowest BCUT2D eigenvalue weighted by molar-refractivity contribution is 0.220. The summed E-state index contributed by atoms with van der Waals surface area (Å²) in [6.07, 6.45) is 3.68. The van der Waals surface area contributed by atoms with Crippen molar-refractivity contribution in [1.29, 1.82) is 0 Å². The average molecular weight is 346 g/mol. The number of urea groups is 1. The van der Waals surface area contributed by atoms with Crippen LogP contribution in [0.4, 0.5) is 10.5 Å². The molecule has 126 valence electrons. The van der Waals surface area contributed by atoms with E-state index >= 15 is 0 Å². The van der Waals surface area contributed by atoms with Crippen LogP contribution in [0.5, 0.6) is 5.75 Å². The van der Waals surface area contributed by atoms with Crippen molar-refractivity contribution in [3.63, 3.8) is 0 Å². The highest BCUT2D eigenvalue weighted by Crippen LogP contribution is 2.28. The number of carbonyl (C=O) groups is 1. The van der Waals surface area contributed by atoms with Crippen LogP contribution in [0.3, 0.4) is 0 Å². The van der Waals surface area contributed by atoms with Gasteiger partial charge in [0.2, 0.25) is 0 Å². The zero-order valence-corrected chi connectivity index (χ0v) is 14.3. The van der Waals surface area contributed by atoms with E-state index in [9.17, 15) is 4.79 Å². The molecule has 1 aromatic carbocycles. The molecule has 0 saturated carbocycles. The van der Waals surface area contributed by atoms with Crippen LogP contribution in [0.25, 0.3) is 0 Å². The Balaban J connectivity index is 1.60. The third-order valence-electron chi connectivity index (χ3n) is 4.20. The van der Waals surface area contributed by atoms with Gasteiger partial charge in [0, 0.05) is 30.0 Å². The molecule has 24 heavy (non-hydrogen) atoms. The molecule has 0 spiro atoms. The maximum Gasteiger partial charge on any atom is 0.321 e. The Bertz CT molecular complexity index is 709. The predicted octanol–water partition coefficient (Wildman–Crippen LogP) is 3.84. The molecule has 0 radical (unpaired) electrons. The van der Waals surface area contributed by atoms with Gasteiger partial charge in [0.25, 0.3) is 0 Å². The van der Waals surface area contributed by atoms with E-state index in [0.717, 1.165) is 31.6 Å². The number of nitrogens with zero attached hydrogens (tertiary/aromatic N) is 2. The number of methoxy groups -OCH3 is 1. The molecule has 1 N–H and O–H groups in total. The molecular formula is C18H20ClN3O2. The van der Waals surface area contributed by atoms with Crippen molar-refractivity contribution >= 4 is 23.3 Å². The van der Waals surface area contributed by atoms with Crippen LogP contribution in [0, 0.1) is 5.92 Å². The lowest BCUT2D eigenvalue weighted by Gasteiger charge is -2.18. The minimum Gasteiger partial charge on any atom is -0.495 e. The highest BCUT2D eigenvalue weighted by atomic mass is 35.5. The SMILES string of the molecule is COc1ccc(Cl)cc1NC(=O)N1CCC(Cc2ccccn2)C1. The van der Waals surface area contributed by atoms with E-state index in [1.165, 1.54) is 0 Å². The lowest BCUT2D eigenvalue weighted by Crippen LogP contribution is -2.33. The number of ether oxygens (including phenoxy) is 1. The van der Waals surface area contributed by atoms with Crippen molar-refractivity contribution in [2.24, 2.45) is 5.92 Å². The van der Waals surface area contributed by atoms with Gasteiger partial charge in [0.15, 0.2) is 0 Å². The van der Waals surface area contributed by atoms with Gasteiger partial charge in [-0.15, -0.1) is 0 Å². The quantitative estimate of drug-likeness (QED) is 0.916. The van der Waals surface area contributed by atoms with Gasteiger partial charge in [-0.25, -0.2) is 4.79 Å². The summed E-state index contributed by atoms with van der Waals surface area (Å²) in [6, 6.07) is 11.0. The number of amides is 2. The molecular weight excluding hydrogens is 326 g/mol. The van der Waals surface area contributed by atoms with Gasteiger partial charge < -0.3 is 15.0 Å². The van der Waals surface area contributed by atoms with Gasteiger partial charge in [-0.1, -0.05) is 17.7 Å². The van der Waals surface area contributed by atoms with Crippen LogP contribution in [-0.2, 0) is 6.42 Å². The van der Waals surface area contributed by atoms with Gasteiger partial charge in [0.1, 0.15) is 5.75 Å². The van der Waals surface area contributed by atoms with Crippen molar-refractivity contribution in [2.75, 3.05) is 25.5 Å². The van der Waals surface area contributed by atoms with E-state index in [4.69, 9.17) is 16.3 Å². The van der Waals surface area contributed by atoms with Crippen molar-refractivity contribution in [2.45, 2.75) is 12.8 Å². The molecule has 5 nitrogen and oxygen atoms in total. The number of anilines is 1. The van der Waals surface area contributed by atoms with E-state index in [2.05, 4.69) is 10.3 Å². The average Bonchev–Trinajstić information content (AvgIpc) is 3.05. The number of pyridine rings is 1. The second kappa shape index (κ2) is 7.53. The summed E-state index contributed by atoms with van der Waals surface area (Å²) in [6.45, 7) is 1.47. The minimum absolute atomic E-state index is 0.126. The summed E-state index contributed by atoms with van der Waals surface area (Å²) in [5.74, 6) is 1.03. The van der Waals surface area contributed by atoms with E-state index in [-0.39, 0.29) is 6.03 Å². The molecule has 1 aliphatic heterocycles. The monoisotopic (exact) mass is 345 g/mol. The number of aromatic nitrogens is 1. The number of carbonyl (C=O) groups excluding carboxylic acids is 1. The Morgan fingerprint density at radius 2 is 2.29 bits per heavy atom. The van der Waals surface area contributed by atoms with Gasteiger partial charge in [0.05, 0.1) is 12.8 Å². The normalized spacial score (nSPS) is 16.9. The first-order chi connectivity index (χ1) is 11.7. The van der Waals surface area contributed by atoms with Gasteiger partial charge in [-0.3, -0.25) is 4.98 Å². The molecule has 1 aliphatic rings. The van der Waals surface area contributed by atoms with Crippen molar-refractivity contribution < 1.29 is 9.53 Å². The highest BCUT2D eigenvalue weighted by molar-refractivity contribution is 6.31.